The molecule has 2 rings (SSSR count). The second kappa shape index (κ2) is 6.37. The Kier molecular flexibility index (Phi) is 4.78. The summed E-state index contributed by atoms with van der Waals surface area (Å²) >= 11 is 0. The number of methoxy groups -OCH3 is 1. The number of hydrogen-bond acceptors (Lipinski definition) is 3. The number of piperidine rings is 1. The zero-order chi connectivity index (χ0) is 14.6. The van der Waals surface area contributed by atoms with Gasteiger partial charge in [0.1, 0.15) is 0 Å². The third kappa shape index (κ3) is 3.19. The molecule has 0 radical (unpaired) electrons. The minimum absolute atomic E-state index is 0.125. The van der Waals surface area contributed by atoms with Crippen molar-refractivity contribution in [3.63, 3.8) is 0 Å². The molecule has 4 nitrogen and oxygen atoms in total. The van der Waals surface area contributed by atoms with E-state index in [0.717, 1.165) is 19.4 Å². The molecule has 0 aliphatic carbocycles. The van der Waals surface area contributed by atoms with Crippen LogP contribution in [0, 0.1) is 5.41 Å². The van der Waals surface area contributed by atoms with Crippen molar-refractivity contribution in [1.82, 2.24) is 4.90 Å². The Morgan fingerprint density at radius 3 is 2.75 bits per heavy atom. The molecule has 1 fully saturated rings. The van der Waals surface area contributed by atoms with Crippen molar-refractivity contribution in [3.8, 4) is 0 Å². The number of nitrogens with zero attached hydrogens (tertiary/aromatic N) is 1. The summed E-state index contributed by atoms with van der Waals surface area (Å²) < 4.78 is 5.35. The number of benzene rings is 1. The second-order valence-electron chi connectivity index (χ2n) is 5.82. The molecular formula is C16H23NO3. The summed E-state index contributed by atoms with van der Waals surface area (Å²) in [5, 5.41) is 9.44. The number of likely N-dealkylation sites (tertiary alicyclic amines) is 1. The predicted molar refractivity (Wildman–Crippen MR) is 77.6 cm³/mol. The molecule has 1 heterocycles. The van der Waals surface area contributed by atoms with Gasteiger partial charge in [-0.15, -0.1) is 0 Å². The van der Waals surface area contributed by atoms with Gasteiger partial charge in [-0.1, -0.05) is 30.3 Å². The van der Waals surface area contributed by atoms with E-state index >= 15 is 0 Å². The molecule has 0 amide bonds. The van der Waals surface area contributed by atoms with E-state index in [1.165, 1.54) is 5.56 Å². The lowest BCUT2D eigenvalue weighted by molar-refractivity contribution is -0.152. The zero-order valence-corrected chi connectivity index (χ0v) is 12.2. The SMILES string of the molecule is COCC(c1ccccc1)N1CCCC(C)(C(=O)O)C1. The van der Waals surface area contributed by atoms with Crippen LogP contribution < -0.4 is 0 Å². The fourth-order valence-corrected chi connectivity index (χ4v) is 2.96. The van der Waals surface area contributed by atoms with Crippen molar-refractivity contribution >= 4 is 5.97 Å². The Labute approximate surface area is 120 Å². The predicted octanol–water partition coefficient (Wildman–Crippen LogP) is 2.56. The summed E-state index contributed by atoms with van der Waals surface area (Å²) in [7, 11) is 1.69. The van der Waals surface area contributed by atoms with Crippen LogP contribution in [0.15, 0.2) is 30.3 Å². The summed E-state index contributed by atoms with van der Waals surface area (Å²) in [5.41, 5.74) is 0.531. The lowest BCUT2D eigenvalue weighted by Crippen LogP contribution is -2.48. The van der Waals surface area contributed by atoms with E-state index in [4.69, 9.17) is 4.74 Å². The average molecular weight is 277 g/mol. The molecular weight excluding hydrogens is 254 g/mol. The Morgan fingerprint density at radius 1 is 1.45 bits per heavy atom. The summed E-state index contributed by atoms with van der Waals surface area (Å²) in [6, 6.07) is 10.3. The van der Waals surface area contributed by atoms with Crippen LogP contribution in [0.4, 0.5) is 0 Å². The molecule has 0 saturated carbocycles. The van der Waals surface area contributed by atoms with Gasteiger partial charge in [-0.25, -0.2) is 0 Å². The first kappa shape index (κ1) is 15.0. The van der Waals surface area contributed by atoms with Gasteiger partial charge in [0, 0.05) is 13.7 Å². The lowest BCUT2D eigenvalue weighted by atomic mass is 9.81. The fraction of sp³-hybridized carbons (Fsp3) is 0.562. The van der Waals surface area contributed by atoms with Gasteiger partial charge in [-0.05, 0) is 31.9 Å². The lowest BCUT2D eigenvalue weighted by Gasteiger charge is -2.41. The normalized spacial score (nSPS) is 25.3. The van der Waals surface area contributed by atoms with Crippen LogP contribution >= 0.6 is 0 Å². The number of carbonyl (C=O) groups is 1. The average Bonchev–Trinajstić information content (AvgIpc) is 2.45. The van der Waals surface area contributed by atoms with Crippen molar-refractivity contribution in [3.05, 3.63) is 35.9 Å². The highest BCUT2D eigenvalue weighted by atomic mass is 16.5. The third-order valence-electron chi connectivity index (χ3n) is 4.19. The molecule has 20 heavy (non-hydrogen) atoms. The van der Waals surface area contributed by atoms with E-state index in [1.54, 1.807) is 7.11 Å². The number of hydrogen-bond donors (Lipinski definition) is 1. The maximum absolute atomic E-state index is 11.5. The van der Waals surface area contributed by atoms with Crippen LogP contribution in [0.2, 0.25) is 0 Å². The molecule has 1 aliphatic heterocycles. The van der Waals surface area contributed by atoms with Crippen molar-refractivity contribution in [2.24, 2.45) is 5.41 Å². The van der Waals surface area contributed by atoms with Crippen LogP contribution in [-0.2, 0) is 9.53 Å². The van der Waals surface area contributed by atoms with Gasteiger partial charge < -0.3 is 9.84 Å². The Bertz CT molecular complexity index is 448. The molecule has 0 spiro atoms. The molecule has 1 N–H and O–H groups in total. The monoisotopic (exact) mass is 277 g/mol. The highest BCUT2D eigenvalue weighted by Gasteiger charge is 2.40. The zero-order valence-electron chi connectivity index (χ0n) is 12.2. The molecule has 2 unspecified atom stereocenters. The molecule has 1 aromatic carbocycles. The minimum Gasteiger partial charge on any atom is -0.481 e. The molecule has 1 aromatic rings. The summed E-state index contributed by atoms with van der Waals surface area (Å²) in [6.45, 7) is 3.92. The van der Waals surface area contributed by atoms with Gasteiger partial charge in [0.25, 0.3) is 0 Å². The number of rotatable bonds is 5. The van der Waals surface area contributed by atoms with E-state index in [1.807, 2.05) is 25.1 Å². The van der Waals surface area contributed by atoms with Gasteiger partial charge in [-0.3, -0.25) is 9.69 Å². The molecule has 2 atom stereocenters. The molecule has 4 heteroatoms. The van der Waals surface area contributed by atoms with E-state index < -0.39 is 11.4 Å². The van der Waals surface area contributed by atoms with E-state index in [0.29, 0.717) is 13.2 Å². The Hall–Kier alpha value is -1.39. The molecule has 0 aromatic heterocycles. The number of ether oxygens (including phenoxy) is 1. The van der Waals surface area contributed by atoms with Crippen molar-refractivity contribution in [2.45, 2.75) is 25.8 Å². The smallest absolute Gasteiger partial charge is 0.310 e. The fourth-order valence-electron chi connectivity index (χ4n) is 2.96. The van der Waals surface area contributed by atoms with Crippen molar-refractivity contribution in [2.75, 3.05) is 26.8 Å². The van der Waals surface area contributed by atoms with Crippen LogP contribution in [0.3, 0.4) is 0 Å². The van der Waals surface area contributed by atoms with E-state index in [-0.39, 0.29) is 6.04 Å². The maximum Gasteiger partial charge on any atom is 0.310 e. The Balaban J connectivity index is 2.19. The second-order valence-corrected chi connectivity index (χ2v) is 5.82. The van der Waals surface area contributed by atoms with Gasteiger partial charge in [0.15, 0.2) is 0 Å². The van der Waals surface area contributed by atoms with Crippen LogP contribution in [0.5, 0.6) is 0 Å². The topological polar surface area (TPSA) is 49.8 Å². The molecule has 1 saturated heterocycles. The number of carboxylic acids is 1. The maximum atomic E-state index is 11.5. The molecule has 110 valence electrons. The summed E-state index contributed by atoms with van der Waals surface area (Å²) in [6.07, 6.45) is 1.66. The van der Waals surface area contributed by atoms with Crippen LogP contribution in [0.25, 0.3) is 0 Å². The van der Waals surface area contributed by atoms with E-state index in [2.05, 4.69) is 17.0 Å². The van der Waals surface area contributed by atoms with Crippen molar-refractivity contribution in [1.29, 1.82) is 0 Å². The highest BCUT2D eigenvalue weighted by Crippen LogP contribution is 2.34. The van der Waals surface area contributed by atoms with Gasteiger partial charge in [-0.2, -0.15) is 0 Å². The highest BCUT2D eigenvalue weighted by molar-refractivity contribution is 5.74. The van der Waals surface area contributed by atoms with Gasteiger partial charge in [0.05, 0.1) is 18.1 Å². The first-order valence-corrected chi connectivity index (χ1v) is 7.08. The number of carboxylic acid groups (broad SMARTS) is 1. The van der Waals surface area contributed by atoms with Gasteiger partial charge in [0.2, 0.25) is 0 Å². The van der Waals surface area contributed by atoms with Crippen LogP contribution in [0.1, 0.15) is 31.4 Å². The van der Waals surface area contributed by atoms with Gasteiger partial charge >= 0.3 is 5.97 Å². The minimum atomic E-state index is -0.702. The number of aliphatic carboxylic acids is 1. The largest absolute Gasteiger partial charge is 0.481 e. The quantitative estimate of drug-likeness (QED) is 0.898. The standard InChI is InChI=1S/C16H23NO3/c1-16(15(18)19)9-6-10-17(12-16)14(11-20-2)13-7-4-3-5-8-13/h3-5,7-8,14H,6,9-12H2,1-2H3,(H,18,19). The first-order valence-electron chi connectivity index (χ1n) is 7.08. The molecule has 1 aliphatic rings. The van der Waals surface area contributed by atoms with E-state index in [9.17, 15) is 9.90 Å². The molecule has 0 bridgehead atoms. The Morgan fingerprint density at radius 2 is 2.15 bits per heavy atom. The van der Waals surface area contributed by atoms with Crippen LogP contribution in [-0.4, -0.2) is 42.8 Å². The third-order valence-corrected chi connectivity index (χ3v) is 4.19. The van der Waals surface area contributed by atoms with Crippen molar-refractivity contribution < 1.29 is 14.6 Å². The summed E-state index contributed by atoms with van der Waals surface area (Å²) in [4.78, 5) is 13.7. The summed E-state index contributed by atoms with van der Waals surface area (Å²) in [5.74, 6) is -0.702. The first-order chi connectivity index (χ1) is 9.57.